The fourth-order valence-corrected chi connectivity index (χ4v) is 1.90. The average Bonchev–Trinajstić information content (AvgIpc) is 2.63. The first-order valence-electron chi connectivity index (χ1n) is 5.71. The Hall–Kier alpha value is -2.49. The first kappa shape index (κ1) is 13.9. The molecule has 0 atom stereocenters. The Balaban J connectivity index is 2.50. The molecular weight excluding hydrogens is 269 g/mol. The number of nitriles is 1. The third kappa shape index (κ3) is 2.45. The maximum absolute atomic E-state index is 12.9. The van der Waals surface area contributed by atoms with E-state index in [1.807, 2.05) is 6.07 Å². The Kier molecular flexibility index (Phi) is 3.40. The maximum atomic E-state index is 12.9. The van der Waals surface area contributed by atoms with Crippen molar-refractivity contribution in [3.63, 3.8) is 0 Å². The van der Waals surface area contributed by atoms with Crippen LogP contribution in [0.4, 0.5) is 24.7 Å². The molecule has 0 fully saturated rings. The van der Waals surface area contributed by atoms with E-state index >= 15 is 0 Å². The molecular formula is C13H11F3N4. The molecule has 20 heavy (non-hydrogen) atoms. The van der Waals surface area contributed by atoms with Crippen molar-refractivity contribution in [2.75, 3.05) is 5.32 Å². The molecule has 4 nitrogen and oxygen atoms in total. The van der Waals surface area contributed by atoms with Crippen LogP contribution in [-0.4, -0.2) is 9.78 Å². The third-order valence-electron chi connectivity index (χ3n) is 2.82. The van der Waals surface area contributed by atoms with Crippen LogP contribution in [0.5, 0.6) is 0 Å². The van der Waals surface area contributed by atoms with Gasteiger partial charge in [0.05, 0.1) is 16.9 Å². The predicted octanol–water partition coefficient (Wildman–Crippen LogP) is 3.36. The van der Waals surface area contributed by atoms with Crippen LogP contribution >= 0.6 is 0 Å². The van der Waals surface area contributed by atoms with Crippen molar-refractivity contribution in [1.82, 2.24) is 9.78 Å². The number of aromatic nitrogens is 2. The van der Waals surface area contributed by atoms with Gasteiger partial charge in [0.2, 0.25) is 0 Å². The lowest BCUT2D eigenvalue weighted by atomic mass is 10.1. The normalized spacial score (nSPS) is 11.2. The molecule has 0 unspecified atom stereocenters. The van der Waals surface area contributed by atoms with Crippen molar-refractivity contribution in [2.24, 2.45) is 7.05 Å². The second-order valence-electron chi connectivity index (χ2n) is 4.21. The maximum Gasteiger partial charge on any atom is 0.418 e. The van der Waals surface area contributed by atoms with Crippen molar-refractivity contribution in [2.45, 2.75) is 13.1 Å². The summed E-state index contributed by atoms with van der Waals surface area (Å²) in [6.45, 7) is 1.62. The molecule has 0 bridgehead atoms. The summed E-state index contributed by atoms with van der Waals surface area (Å²) in [7, 11) is 1.56. The van der Waals surface area contributed by atoms with E-state index in [2.05, 4.69) is 10.4 Å². The molecule has 0 aliphatic heterocycles. The average molecular weight is 280 g/mol. The lowest BCUT2D eigenvalue weighted by molar-refractivity contribution is -0.136. The van der Waals surface area contributed by atoms with Crippen LogP contribution in [-0.2, 0) is 13.2 Å². The van der Waals surface area contributed by atoms with Gasteiger partial charge >= 0.3 is 6.18 Å². The lowest BCUT2D eigenvalue weighted by Gasteiger charge is -2.14. The molecule has 7 heteroatoms. The Labute approximate surface area is 113 Å². The van der Waals surface area contributed by atoms with E-state index < -0.39 is 11.7 Å². The minimum absolute atomic E-state index is 0.112. The second-order valence-corrected chi connectivity index (χ2v) is 4.21. The van der Waals surface area contributed by atoms with E-state index in [9.17, 15) is 13.2 Å². The zero-order valence-electron chi connectivity index (χ0n) is 10.8. The van der Waals surface area contributed by atoms with Gasteiger partial charge in [-0.25, -0.2) is 0 Å². The Morgan fingerprint density at radius 3 is 2.55 bits per heavy atom. The molecule has 0 aliphatic rings. The SMILES string of the molecule is Cc1nn(C)c(Nc2ccccc2C(F)(F)F)c1C#N. The monoisotopic (exact) mass is 280 g/mol. The number of aryl methyl sites for hydroxylation is 2. The molecule has 2 aromatic rings. The van der Waals surface area contributed by atoms with Gasteiger partial charge in [-0.2, -0.15) is 23.5 Å². The molecule has 0 saturated carbocycles. The smallest absolute Gasteiger partial charge is 0.339 e. The molecule has 0 aliphatic carbocycles. The van der Waals surface area contributed by atoms with Crippen molar-refractivity contribution in [1.29, 1.82) is 5.26 Å². The topological polar surface area (TPSA) is 53.6 Å². The van der Waals surface area contributed by atoms with Crippen molar-refractivity contribution in [3.05, 3.63) is 41.1 Å². The van der Waals surface area contributed by atoms with Gasteiger partial charge in [0.15, 0.2) is 0 Å². The zero-order chi connectivity index (χ0) is 14.9. The molecule has 0 saturated heterocycles. The summed E-state index contributed by atoms with van der Waals surface area (Å²) in [6.07, 6.45) is -4.47. The van der Waals surface area contributed by atoms with Crippen LogP contribution in [0.1, 0.15) is 16.8 Å². The molecule has 1 heterocycles. The largest absolute Gasteiger partial charge is 0.418 e. The highest BCUT2D eigenvalue weighted by atomic mass is 19.4. The number of hydrogen-bond donors (Lipinski definition) is 1. The van der Waals surface area contributed by atoms with E-state index in [-0.39, 0.29) is 17.1 Å². The summed E-state index contributed by atoms with van der Waals surface area (Å²) in [4.78, 5) is 0. The summed E-state index contributed by atoms with van der Waals surface area (Å²) in [5, 5.41) is 15.7. The molecule has 1 aromatic heterocycles. The van der Waals surface area contributed by atoms with Crippen molar-refractivity contribution < 1.29 is 13.2 Å². The number of nitrogens with one attached hydrogen (secondary N) is 1. The second kappa shape index (κ2) is 4.89. The number of anilines is 2. The summed E-state index contributed by atoms with van der Waals surface area (Å²) in [5.41, 5.74) is -0.214. The summed E-state index contributed by atoms with van der Waals surface area (Å²) in [6, 6.07) is 7.04. The van der Waals surface area contributed by atoms with Gasteiger partial charge in [0.1, 0.15) is 17.5 Å². The van der Waals surface area contributed by atoms with Gasteiger partial charge < -0.3 is 5.32 Å². The van der Waals surface area contributed by atoms with Crippen LogP contribution in [0.2, 0.25) is 0 Å². The molecule has 1 aromatic carbocycles. The van der Waals surface area contributed by atoms with E-state index in [1.54, 1.807) is 14.0 Å². The van der Waals surface area contributed by atoms with Gasteiger partial charge in [-0.3, -0.25) is 4.68 Å². The molecule has 0 amide bonds. The number of nitrogens with zero attached hydrogens (tertiary/aromatic N) is 3. The standard InChI is InChI=1S/C13H11F3N4/c1-8-9(7-17)12(20(2)19-8)18-11-6-4-3-5-10(11)13(14,15)16/h3-6,18H,1-2H3. The summed E-state index contributed by atoms with van der Waals surface area (Å²) in [5.74, 6) is 0.238. The fraction of sp³-hybridized carbons (Fsp3) is 0.231. The van der Waals surface area contributed by atoms with Crippen LogP contribution in [0.15, 0.2) is 24.3 Å². The minimum atomic E-state index is -4.47. The fourth-order valence-electron chi connectivity index (χ4n) is 1.90. The zero-order valence-corrected chi connectivity index (χ0v) is 10.8. The van der Waals surface area contributed by atoms with Crippen molar-refractivity contribution in [3.8, 4) is 6.07 Å². The van der Waals surface area contributed by atoms with E-state index in [4.69, 9.17) is 5.26 Å². The van der Waals surface area contributed by atoms with Crippen LogP contribution in [0.3, 0.4) is 0 Å². The van der Waals surface area contributed by atoms with Gasteiger partial charge in [0.25, 0.3) is 0 Å². The van der Waals surface area contributed by atoms with E-state index in [0.717, 1.165) is 6.07 Å². The highest BCUT2D eigenvalue weighted by Crippen LogP contribution is 2.36. The van der Waals surface area contributed by atoms with Crippen LogP contribution < -0.4 is 5.32 Å². The first-order valence-corrected chi connectivity index (χ1v) is 5.71. The quantitative estimate of drug-likeness (QED) is 0.917. The Bertz CT molecular complexity index is 680. The number of rotatable bonds is 2. The predicted molar refractivity (Wildman–Crippen MR) is 67.4 cm³/mol. The van der Waals surface area contributed by atoms with Crippen LogP contribution in [0, 0.1) is 18.3 Å². The van der Waals surface area contributed by atoms with Gasteiger partial charge in [0, 0.05) is 7.05 Å². The summed E-state index contributed by atoms with van der Waals surface area (Å²) < 4.78 is 40.1. The third-order valence-corrected chi connectivity index (χ3v) is 2.82. The Morgan fingerprint density at radius 1 is 1.30 bits per heavy atom. The van der Waals surface area contributed by atoms with Crippen LogP contribution in [0.25, 0.3) is 0 Å². The first-order chi connectivity index (χ1) is 9.34. The molecule has 2 rings (SSSR count). The number of alkyl halides is 3. The highest BCUT2D eigenvalue weighted by Gasteiger charge is 2.33. The highest BCUT2D eigenvalue weighted by molar-refractivity contribution is 5.67. The Morgan fingerprint density at radius 2 is 1.95 bits per heavy atom. The number of benzene rings is 1. The number of hydrogen-bond acceptors (Lipinski definition) is 3. The van der Waals surface area contributed by atoms with Gasteiger partial charge in [-0.1, -0.05) is 12.1 Å². The summed E-state index contributed by atoms with van der Waals surface area (Å²) >= 11 is 0. The minimum Gasteiger partial charge on any atom is -0.339 e. The van der Waals surface area contributed by atoms with E-state index in [1.165, 1.54) is 22.9 Å². The molecule has 104 valence electrons. The molecule has 1 N–H and O–H groups in total. The van der Waals surface area contributed by atoms with Gasteiger partial charge in [-0.15, -0.1) is 0 Å². The molecule has 0 radical (unpaired) electrons. The van der Waals surface area contributed by atoms with Gasteiger partial charge in [-0.05, 0) is 19.1 Å². The number of halogens is 3. The van der Waals surface area contributed by atoms with Crippen molar-refractivity contribution >= 4 is 11.5 Å². The lowest BCUT2D eigenvalue weighted by Crippen LogP contribution is -2.10. The molecule has 0 spiro atoms. The van der Waals surface area contributed by atoms with E-state index in [0.29, 0.717) is 5.69 Å². The number of para-hydroxylation sites is 1.